The minimum absolute atomic E-state index is 0.182. The molecule has 5 rings (SSSR count). The number of rotatable bonds is 5. The third kappa shape index (κ3) is 3.82. The highest BCUT2D eigenvalue weighted by Gasteiger charge is 2.29. The molecular formula is C25H25N5O2. The Kier molecular flexibility index (Phi) is 4.89. The predicted octanol–water partition coefficient (Wildman–Crippen LogP) is 5.29. The van der Waals surface area contributed by atoms with Gasteiger partial charge in [-0.25, -0.2) is 4.68 Å². The van der Waals surface area contributed by atoms with Crippen LogP contribution in [0, 0.1) is 27.7 Å². The van der Waals surface area contributed by atoms with E-state index in [9.17, 15) is 4.79 Å². The summed E-state index contributed by atoms with van der Waals surface area (Å²) >= 11 is 0. The highest BCUT2D eigenvalue weighted by atomic mass is 16.5. The summed E-state index contributed by atoms with van der Waals surface area (Å²) in [6.07, 6.45) is 3.99. The molecule has 32 heavy (non-hydrogen) atoms. The number of aryl methyl sites for hydroxylation is 4. The number of benzene rings is 2. The monoisotopic (exact) mass is 427 g/mol. The molecule has 0 bridgehead atoms. The second kappa shape index (κ2) is 7.75. The fourth-order valence-electron chi connectivity index (χ4n) is 3.67. The fraction of sp³-hybridized carbons (Fsp3) is 0.280. The summed E-state index contributed by atoms with van der Waals surface area (Å²) in [5.74, 6) is 1.51. The molecule has 1 fully saturated rings. The minimum Gasteiger partial charge on any atom is -0.339 e. The van der Waals surface area contributed by atoms with Crippen LogP contribution in [0.4, 0.5) is 5.69 Å². The van der Waals surface area contributed by atoms with Crippen molar-refractivity contribution in [2.45, 2.75) is 46.5 Å². The van der Waals surface area contributed by atoms with Crippen LogP contribution >= 0.6 is 0 Å². The first-order valence-corrected chi connectivity index (χ1v) is 10.8. The number of nitrogens with zero attached hydrogens (tertiary/aromatic N) is 4. The van der Waals surface area contributed by atoms with Gasteiger partial charge in [0.15, 0.2) is 0 Å². The van der Waals surface area contributed by atoms with Gasteiger partial charge in [-0.15, -0.1) is 0 Å². The van der Waals surface area contributed by atoms with Crippen LogP contribution in [0.2, 0.25) is 0 Å². The molecule has 162 valence electrons. The van der Waals surface area contributed by atoms with Gasteiger partial charge in [0.25, 0.3) is 5.91 Å². The van der Waals surface area contributed by atoms with E-state index in [1.165, 1.54) is 5.56 Å². The van der Waals surface area contributed by atoms with Crippen LogP contribution in [-0.2, 0) is 0 Å². The van der Waals surface area contributed by atoms with E-state index in [4.69, 9.17) is 4.52 Å². The number of hydrogen-bond donors (Lipinski definition) is 1. The van der Waals surface area contributed by atoms with E-state index in [1.807, 2.05) is 64.1 Å². The number of carbonyl (C=O) groups excluding carboxylic acids is 1. The zero-order valence-electron chi connectivity index (χ0n) is 18.6. The highest BCUT2D eigenvalue weighted by Crippen LogP contribution is 2.39. The molecule has 1 amide bonds. The lowest BCUT2D eigenvalue weighted by Gasteiger charge is -2.08. The van der Waals surface area contributed by atoms with Crippen LogP contribution < -0.4 is 5.32 Å². The summed E-state index contributed by atoms with van der Waals surface area (Å²) in [6.45, 7) is 7.93. The molecule has 0 radical (unpaired) electrons. The fourth-order valence-corrected chi connectivity index (χ4v) is 3.67. The van der Waals surface area contributed by atoms with Crippen molar-refractivity contribution in [1.82, 2.24) is 19.9 Å². The quantitative estimate of drug-likeness (QED) is 0.468. The molecule has 0 unspecified atom stereocenters. The number of anilines is 1. The second-order valence-corrected chi connectivity index (χ2v) is 8.56. The summed E-state index contributed by atoms with van der Waals surface area (Å²) in [7, 11) is 0. The van der Waals surface area contributed by atoms with E-state index in [2.05, 4.69) is 20.6 Å². The first-order valence-electron chi connectivity index (χ1n) is 10.8. The van der Waals surface area contributed by atoms with Crippen molar-refractivity contribution in [2.24, 2.45) is 0 Å². The number of aromatic nitrogens is 4. The van der Waals surface area contributed by atoms with Crippen molar-refractivity contribution < 1.29 is 9.32 Å². The zero-order valence-corrected chi connectivity index (χ0v) is 18.6. The lowest BCUT2D eigenvalue weighted by molar-refractivity contribution is 0.102. The van der Waals surface area contributed by atoms with Crippen molar-refractivity contribution in [3.05, 3.63) is 76.4 Å². The molecule has 1 aliphatic rings. The third-order valence-electron chi connectivity index (χ3n) is 5.99. The average molecular weight is 428 g/mol. The number of hydrogen-bond acceptors (Lipinski definition) is 5. The Labute approximate surface area is 186 Å². The maximum Gasteiger partial charge on any atom is 0.259 e. The molecule has 2 heterocycles. The van der Waals surface area contributed by atoms with Gasteiger partial charge in [-0.2, -0.15) is 10.1 Å². The molecule has 7 nitrogen and oxygen atoms in total. The number of carbonyl (C=O) groups is 1. The maximum absolute atomic E-state index is 12.9. The Morgan fingerprint density at radius 3 is 2.56 bits per heavy atom. The standard InChI is InChI=1S/C25H25N5O2/c1-14-6-10-20(11-16(14)3)26-24(31)21-13-30(28-17(21)4)22-12-19(7-5-15(22)2)23-27-25(32-29-23)18-8-9-18/h5-7,10-13,18H,8-9H2,1-4H3,(H,26,31). The molecule has 4 aromatic rings. The van der Waals surface area contributed by atoms with Crippen LogP contribution in [0.15, 0.2) is 47.1 Å². The summed E-state index contributed by atoms with van der Waals surface area (Å²) in [5, 5.41) is 11.7. The van der Waals surface area contributed by atoms with Gasteiger partial charge in [0.05, 0.1) is 16.9 Å². The Morgan fingerprint density at radius 2 is 1.81 bits per heavy atom. The molecule has 1 N–H and O–H groups in total. The normalized spacial score (nSPS) is 13.4. The van der Waals surface area contributed by atoms with E-state index in [-0.39, 0.29) is 5.91 Å². The Morgan fingerprint density at radius 1 is 1.03 bits per heavy atom. The van der Waals surface area contributed by atoms with Crippen LogP contribution in [0.5, 0.6) is 0 Å². The first kappa shape index (κ1) is 20.2. The van der Waals surface area contributed by atoms with Gasteiger partial charge in [0.1, 0.15) is 0 Å². The molecule has 2 aromatic carbocycles. The molecule has 0 aliphatic heterocycles. The molecule has 0 saturated heterocycles. The lowest BCUT2D eigenvalue weighted by Crippen LogP contribution is -2.12. The van der Waals surface area contributed by atoms with E-state index in [0.29, 0.717) is 28.9 Å². The molecular weight excluding hydrogens is 402 g/mol. The Balaban J connectivity index is 1.43. The van der Waals surface area contributed by atoms with Crippen molar-refractivity contribution in [3.63, 3.8) is 0 Å². The van der Waals surface area contributed by atoms with Gasteiger partial charge >= 0.3 is 0 Å². The summed E-state index contributed by atoms with van der Waals surface area (Å²) < 4.78 is 7.15. The Hall–Kier alpha value is -3.74. The average Bonchev–Trinajstić information content (AvgIpc) is 3.37. The van der Waals surface area contributed by atoms with Crippen LogP contribution in [0.25, 0.3) is 17.1 Å². The molecule has 1 saturated carbocycles. The number of nitrogens with one attached hydrogen (secondary N) is 1. The smallest absolute Gasteiger partial charge is 0.259 e. The molecule has 1 aliphatic carbocycles. The van der Waals surface area contributed by atoms with Crippen molar-refractivity contribution in [2.75, 3.05) is 5.32 Å². The molecule has 7 heteroatoms. The molecule has 0 spiro atoms. The second-order valence-electron chi connectivity index (χ2n) is 8.56. The highest BCUT2D eigenvalue weighted by molar-refractivity contribution is 6.05. The van der Waals surface area contributed by atoms with Crippen LogP contribution in [-0.4, -0.2) is 25.8 Å². The summed E-state index contributed by atoms with van der Waals surface area (Å²) in [5.41, 5.74) is 7.04. The van der Waals surface area contributed by atoms with Gasteiger partial charge < -0.3 is 9.84 Å². The first-order chi connectivity index (χ1) is 15.4. The summed E-state index contributed by atoms with van der Waals surface area (Å²) in [4.78, 5) is 17.5. The topological polar surface area (TPSA) is 85.8 Å². The van der Waals surface area contributed by atoms with Crippen molar-refractivity contribution in [3.8, 4) is 17.1 Å². The van der Waals surface area contributed by atoms with E-state index >= 15 is 0 Å². The van der Waals surface area contributed by atoms with E-state index in [0.717, 1.165) is 40.9 Å². The Bertz CT molecular complexity index is 1330. The van der Waals surface area contributed by atoms with Crippen LogP contribution in [0.1, 0.15) is 57.4 Å². The van der Waals surface area contributed by atoms with Gasteiger partial charge in [-0.3, -0.25) is 4.79 Å². The summed E-state index contributed by atoms with van der Waals surface area (Å²) in [6, 6.07) is 11.8. The maximum atomic E-state index is 12.9. The molecule has 2 aromatic heterocycles. The minimum atomic E-state index is -0.182. The zero-order chi connectivity index (χ0) is 22.4. The van der Waals surface area contributed by atoms with Crippen LogP contribution in [0.3, 0.4) is 0 Å². The van der Waals surface area contributed by atoms with Gasteiger partial charge in [-0.1, -0.05) is 23.4 Å². The van der Waals surface area contributed by atoms with Gasteiger partial charge in [-0.05, 0) is 75.4 Å². The SMILES string of the molecule is Cc1ccc(NC(=O)c2cn(-c3cc(-c4noc(C5CC5)n4)ccc3C)nc2C)cc1C. The predicted molar refractivity (Wildman–Crippen MR) is 122 cm³/mol. The van der Waals surface area contributed by atoms with Gasteiger partial charge in [0.2, 0.25) is 11.7 Å². The lowest BCUT2D eigenvalue weighted by atomic mass is 10.1. The van der Waals surface area contributed by atoms with E-state index in [1.54, 1.807) is 10.9 Å². The van der Waals surface area contributed by atoms with Gasteiger partial charge in [0, 0.05) is 23.4 Å². The third-order valence-corrected chi connectivity index (χ3v) is 5.99. The van der Waals surface area contributed by atoms with E-state index < -0.39 is 0 Å². The van der Waals surface area contributed by atoms with Crippen molar-refractivity contribution in [1.29, 1.82) is 0 Å². The molecule has 0 atom stereocenters. The number of amides is 1. The van der Waals surface area contributed by atoms with Crippen molar-refractivity contribution >= 4 is 11.6 Å². The largest absolute Gasteiger partial charge is 0.339 e.